The van der Waals surface area contributed by atoms with Gasteiger partial charge in [0.2, 0.25) is 0 Å². The van der Waals surface area contributed by atoms with E-state index in [1.807, 2.05) is 54.6 Å². The Kier molecular flexibility index (Phi) is 5.18. The fourth-order valence-electron chi connectivity index (χ4n) is 2.30. The Morgan fingerprint density at radius 2 is 1.73 bits per heavy atom. The van der Waals surface area contributed by atoms with Gasteiger partial charge in [-0.05, 0) is 23.3 Å². The number of aromatic nitrogens is 1. The second kappa shape index (κ2) is 7.31. The third-order valence-electron chi connectivity index (χ3n) is 3.31. The molecule has 0 radical (unpaired) electrons. The fraction of sp³-hybridized carbons (Fsp3) is 0.118. The molecule has 0 saturated heterocycles. The zero-order valence-corrected chi connectivity index (χ0v) is 14.9. The van der Waals surface area contributed by atoms with Gasteiger partial charge in [0.05, 0.1) is 16.5 Å². The number of rotatable bonds is 5. The molecule has 2 atom stereocenters. The molecule has 0 aliphatic carbocycles. The van der Waals surface area contributed by atoms with Gasteiger partial charge in [-0.2, -0.15) is 0 Å². The molecule has 0 aliphatic heterocycles. The summed E-state index contributed by atoms with van der Waals surface area (Å²) in [6, 6.07) is 18.1. The zero-order valence-electron chi connectivity index (χ0n) is 11.7. The molecule has 0 spiro atoms. The van der Waals surface area contributed by atoms with Crippen LogP contribution in [0.2, 0.25) is 0 Å². The topological polar surface area (TPSA) is 30.0 Å². The van der Waals surface area contributed by atoms with Gasteiger partial charge in [-0.1, -0.05) is 58.4 Å². The van der Waals surface area contributed by atoms with E-state index < -0.39 is 10.8 Å². The van der Waals surface area contributed by atoms with E-state index in [1.54, 1.807) is 23.0 Å². The van der Waals surface area contributed by atoms with Gasteiger partial charge in [0.25, 0.3) is 0 Å². The highest BCUT2D eigenvalue weighted by Crippen LogP contribution is 2.31. The third-order valence-corrected chi connectivity index (χ3v) is 6.46. The largest absolute Gasteiger partial charge is 0.258 e. The Balaban J connectivity index is 1.95. The maximum atomic E-state index is 13.0. The standard InChI is InChI=1S/C17H14BrNOS2/c18-15-8-6-14(7-9-15)17(13-4-2-1-3-5-13)22(20)11-16-10-19-12-21-16/h1-10,12,17H,11H2/t17-,22-/m0/s1. The van der Waals surface area contributed by atoms with Crippen LogP contribution in [-0.2, 0) is 16.6 Å². The minimum absolute atomic E-state index is 0.128. The molecule has 112 valence electrons. The molecule has 0 aliphatic rings. The van der Waals surface area contributed by atoms with Crippen LogP contribution in [0.5, 0.6) is 0 Å². The van der Waals surface area contributed by atoms with E-state index in [1.165, 1.54) is 0 Å². The number of hydrogen-bond acceptors (Lipinski definition) is 3. The first-order valence-corrected chi connectivity index (χ1v) is 9.84. The Morgan fingerprint density at radius 1 is 1.05 bits per heavy atom. The Bertz CT molecular complexity index is 742. The van der Waals surface area contributed by atoms with Crippen molar-refractivity contribution in [2.75, 3.05) is 0 Å². The summed E-state index contributed by atoms with van der Waals surface area (Å²) in [6.07, 6.45) is 1.80. The summed E-state index contributed by atoms with van der Waals surface area (Å²) in [5, 5.41) is -0.128. The summed E-state index contributed by atoms with van der Waals surface area (Å²) >= 11 is 5.00. The maximum Gasteiger partial charge on any atom is 0.0850 e. The van der Waals surface area contributed by atoms with Crippen LogP contribution in [0.15, 0.2) is 70.8 Å². The Morgan fingerprint density at radius 3 is 2.36 bits per heavy atom. The van der Waals surface area contributed by atoms with E-state index in [0.29, 0.717) is 5.75 Å². The number of hydrogen-bond donors (Lipinski definition) is 0. The lowest BCUT2D eigenvalue weighted by Gasteiger charge is -2.17. The molecular formula is C17H14BrNOS2. The van der Waals surface area contributed by atoms with Crippen molar-refractivity contribution in [3.63, 3.8) is 0 Å². The average molecular weight is 392 g/mol. The van der Waals surface area contributed by atoms with E-state index in [-0.39, 0.29) is 5.25 Å². The molecule has 0 N–H and O–H groups in total. The van der Waals surface area contributed by atoms with Gasteiger partial charge in [0, 0.05) is 26.3 Å². The minimum Gasteiger partial charge on any atom is -0.258 e. The highest BCUT2D eigenvalue weighted by Gasteiger charge is 2.21. The van der Waals surface area contributed by atoms with Crippen LogP contribution in [0.25, 0.3) is 0 Å². The summed E-state index contributed by atoms with van der Waals surface area (Å²) in [5.41, 5.74) is 3.92. The number of halogens is 1. The summed E-state index contributed by atoms with van der Waals surface area (Å²) in [7, 11) is -1.04. The zero-order chi connectivity index (χ0) is 15.4. The van der Waals surface area contributed by atoms with Crippen molar-refractivity contribution >= 4 is 38.1 Å². The first-order chi connectivity index (χ1) is 10.7. The van der Waals surface area contributed by atoms with Crippen molar-refractivity contribution in [3.05, 3.63) is 86.8 Å². The predicted octanol–water partition coefficient (Wildman–Crippen LogP) is 4.94. The molecule has 3 rings (SSSR count). The molecule has 1 aromatic heterocycles. The molecule has 3 aromatic rings. The molecule has 0 unspecified atom stereocenters. The molecule has 5 heteroatoms. The van der Waals surface area contributed by atoms with Gasteiger partial charge in [-0.15, -0.1) is 11.3 Å². The number of thiazole rings is 1. The minimum atomic E-state index is -1.04. The van der Waals surface area contributed by atoms with Crippen molar-refractivity contribution in [1.29, 1.82) is 0 Å². The van der Waals surface area contributed by atoms with Crippen molar-refractivity contribution in [2.45, 2.75) is 11.0 Å². The van der Waals surface area contributed by atoms with Crippen molar-refractivity contribution in [1.82, 2.24) is 4.98 Å². The van der Waals surface area contributed by atoms with E-state index in [4.69, 9.17) is 0 Å². The van der Waals surface area contributed by atoms with Crippen LogP contribution in [-0.4, -0.2) is 9.19 Å². The summed E-state index contributed by atoms with van der Waals surface area (Å²) < 4.78 is 14.0. The second-order valence-corrected chi connectivity index (χ2v) is 8.24. The van der Waals surface area contributed by atoms with Crippen LogP contribution in [0.4, 0.5) is 0 Å². The lowest BCUT2D eigenvalue weighted by Crippen LogP contribution is -2.10. The SMILES string of the molecule is O=[S@@](Cc1cncs1)[C@@H](c1ccccc1)c1ccc(Br)cc1. The first-order valence-electron chi connectivity index (χ1n) is 6.79. The maximum absolute atomic E-state index is 13.0. The molecular weight excluding hydrogens is 378 g/mol. The molecule has 2 nitrogen and oxygen atoms in total. The van der Waals surface area contributed by atoms with Crippen molar-refractivity contribution in [3.8, 4) is 0 Å². The van der Waals surface area contributed by atoms with Crippen LogP contribution < -0.4 is 0 Å². The number of benzene rings is 2. The number of nitrogens with zero attached hydrogens (tertiary/aromatic N) is 1. The van der Waals surface area contributed by atoms with Gasteiger partial charge in [-0.25, -0.2) is 0 Å². The van der Waals surface area contributed by atoms with Crippen LogP contribution >= 0.6 is 27.3 Å². The highest BCUT2D eigenvalue weighted by atomic mass is 79.9. The molecule has 0 saturated carbocycles. The molecule has 2 aromatic carbocycles. The lowest BCUT2D eigenvalue weighted by atomic mass is 10.0. The van der Waals surface area contributed by atoms with Crippen LogP contribution in [0, 0.1) is 0 Å². The quantitative estimate of drug-likeness (QED) is 0.615. The normalized spacial score (nSPS) is 13.7. The van der Waals surface area contributed by atoms with Gasteiger partial charge in [0.15, 0.2) is 0 Å². The average Bonchev–Trinajstić information content (AvgIpc) is 3.03. The van der Waals surface area contributed by atoms with E-state index in [9.17, 15) is 4.21 Å². The third kappa shape index (κ3) is 3.72. The van der Waals surface area contributed by atoms with E-state index in [2.05, 4.69) is 20.9 Å². The Labute approximate surface area is 144 Å². The van der Waals surface area contributed by atoms with E-state index >= 15 is 0 Å². The summed E-state index contributed by atoms with van der Waals surface area (Å²) in [4.78, 5) is 5.12. The Hall–Kier alpha value is -1.30. The fourth-order valence-corrected chi connectivity index (χ4v) is 5.01. The van der Waals surface area contributed by atoms with Crippen LogP contribution in [0.3, 0.4) is 0 Å². The van der Waals surface area contributed by atoms with E-state index in [0.717, 1.165) is 20.5 Å². The van der Waals surface area contributed by atoms with Gasteiger partial charge in [0.1, 0.15) is 0 Å². The second-order valence-electron chi connectivity index (χ2n) is 4.84. The van der Waals surface area contributed by atoms with Crippen molar-refractivity contribution in [2.24, 2.45) is 0 Å². The summed E-state index contributed by atoms with van der Waals surface area (Å²) in [6.45, 7) is 0. The van der Waals surface area contributed by atoms with Crippen LogP contribution in [0.1, 0.15) is 21.3 Å². The van der Waals surface area contributed by atoms with Gasteiger partial charge in [-0.3, -0.25) is 9.19 Å². The summed E-state index contributed by atoms with van der Waals surface area (Å²) in [5.74, 6) is 0.528. The molecule has 0 bridgehead atoms. The molecule has 0 amide bonds. The highest BCUT2D eigenvalue weighted by molar-refractivity contribution is 9.10. The smallest absolute Gasteiger partial charge is 0.0850 e. The molecule has 1 heterocycles. The molecule has 22 heavy (non-hydrogen) atoms. The predicted molar refractivity (Wildman–Crippen MR) is 96.4 cm³/mol. The van der Waals surface area contributed by atoms with Gasteiger partial charge < -0.3 is 0 Å². The lowest BCUT2D eigenvalue weighted by molar-refractivity contribution is 0.678. The first kappa shape index (κ1) is 15.6. The van der Waals surface area contributed by atoms with Gasteiger partial charge >= 0.3 is 0 Å². The van der Waals surface area contributed by atoms with Crippen molar-refractivity contribution < 1.29 is 4.21 Å². The monoisotopic (exact) mass is 391 g/mol. The molecule has 0 fully saturated rings.